The minimum Gasteiger partial charge on any atom is -0.487 e. The lowest BCUT2D eigenvalue weighted by Gasteiger charge is -2.05. The lowest BCUT2D eigenvalue weighted by Crippen LogP contribution is -1.94. The van der Waals surface area contributed by atoms with Crippen LogP contribution in [-0.2, 0) is 6.61 Å². The molecule has 1 heterocycles. The molecule has 0 aliphatic rings. The maximum Gasteiger partial charge on any atom is 0.137 e. The molecule has 0 spiro atoms. The number of benzene rings is 1. The normalized spacial score (nSPS) is 9.40. The van der Waals surface area contributed by atoms with Gasteiger partial charge in [0.25, 0.3) is 0 Å². The van der Waals surface area contributed by atoms with Crippen LogP contribution >= 0.6 is 11.3 Å². The Morgan fingerprint density at radius 1 is 1.30 bits per heavy atom. The van der Waals surface area contributed by atoms with Gasteiger partial charge >= 0.3 is 0 Å². The van der Waals surface area contributed by atoms with E-state index in [-0.39, 0.29) is 6.61 Å². The molecule has 0 aliphatic carbocycles. The van der Waals surface area contributed by atoms with E-state index in [4.69, 9.17) is 15.1 Å². The van der Waals surface area contributed by atoms with E-state index in [0.29, 0.717) is 24.3 Å². The van der Waals surface area contributed by atoms with Crippen LogP contribution in [-0.4, -0.2) is 11.7 Å². The zero-order chi connectivity index (χ0) is 14.2. The van der Waals surface area contributed by atoms with Crippen LogP contribution in [0.15, 0.2) is 35.7 Å². The highest BCUT2D eigenvalue weighted by atomic mass is 32.1. The predicted octanol–water partition coefficient (Wildman–Crippen LogP) is 2.93. The summed E-state index contributed by atoms with van der Waals surface area (Å²) in [6.07, 6.45) is 0.483. The molecule has 1 aromatic heterocycles. The minimum absolute atomic E-state index is 0.0814. The van der Waals surface area contributed by atoms with Gasteiger partial charge in [0.15, 0.2) is 0 Å². The average molecular weight is 283 g/mol. The van der Waals surface area contributed by atoms with Crippen molar-refractivity contribution in [2.75, 3.05) is 6.61 Å². The number of thiophene rings is 1. The third kappa shape index (κ3) is 3.86. The standard InChI is InChI=1S/C16H13NO2S/c17-10-14-6-1-2-7-16(14)19-11-15-9-13(12-20-15)5-3-4-8-18/h1-2,6-7,9,12,18H,4,8,11H2. The fourth-order valence-electron chi connectivity index (χ4n) is 1.58. The van der Waals surface area contributed by atoms with Crippen molar-refractivity contribution in [3.63, 3.8) is 0 Å². The Bertz CT molecular complexity index is 674. The molecule has 1 aromatic carbocycles. The molecule has 0 saturated heterocycles. The molecule has 0 fully saturated rings. The molecule has 0 aliphatic heterocycles. The molecule has 0 saturated carbocycles. The second-order valence-corrected chi connectivity index (χ2v) is 4.97. The Morgan fingerprint density at radius 3 is 2.95 bits per heavy atom. The van der Waals surface area contributed by atoms with Gasteiger partial charge in [-0.3, -0.25) is 0 Å². The molecule has 2 rings (SSSR count). The number of hydrogen-bond donors (Lipinski definition) is 1. The lowest BCUT2D eigenvalue weighted by molar-refractivity contribution is 0.305. The topological polar surface area (TPSA) is 53.2 Å². The monoisotopic (exact) mass is 283 g/mol. The summed E-state index contributed by atoms with van der Waals surface area (Å²) >= 11 is 1.57. The van der Waals surface area contributed by atoms with Gasteiger partial charge in [0.05, 0.1) is 12.2 Å². The summed E-state index contributed by atoms with van der Waals surface area (Å²) in [6, 6.07) is 11.2. The van der Waals surface area contributed by atoms with E-state index in [1.165, 1.54) is 0 Å². The zero-order valence-electron chi connectivity index (χ0n) is 10.8. The summed E-state index contributed by atoms with van der Waals surface area (Å²) in [5.41, 5.74) is 1.46. The van der Waals surface area contributed by atoms with Crippen molar-refractivity contribution in [1.82, 2.24) is 0 Å². The highest BCUT2D eigenvalue weighted by Gasteiger charge is 2.03. The quantitative estimate of drug-likeness (QED) is 0.878. The molecular formula is C16H13NO2S. The number of hydrogen-bond acceptors (Lipinski definition) is 4. The van der Waals surface area contributed by atoms with Crippen molar-refractivity contribution in [2.45, 2.75) is 13.0 Å². The molecule has 20 heavy (non-hydrogen) atoms. The summed E-state index contributed by atoms with van der Waals surface area (Å²) < 4.78 is 5.65. The highest BCUT2D eigenvalue weighted by Crippen LogP contribution is 2.20. The minimum atomic E-state index is 0.0814. The second kappa shape index (κ2) is 7.35. The SMILES string of the molecule is N#Cc1ccccc1OCc1cc(C#CCCO)cs1. The van der Waals surface area contributed by atoms with E-state index in [2.05, 4.69) is 17.9 Å². The van der Waals surface area contributed by atoms with E-state index in [1.54, 1.807) is 23.5 Å². The van der Waals surface area contributed by atoms with Crippen molar-refractivity contribution in [1.29, 1.82) is 5.26 Å². The Morgan fingerprint density at radius 2 is 2.15 bits per heavy atom. The molecule has 0 amide bonds. The van der Waals surface area contributed by atoms with Gasteiger partial charge < -0.3 is 9.84 Å². The molecule has 2 aromatic rings. The van der Waals surface area contributed by atoms with Gasteiger partial charge in [-0.2, -0.15) is 5.26 Å². The van der Waals surface area contributed by atoms with Gasteiger partial charge in [-0.1, -0.05) is 24.0 Å². The summed E-state index contributed by atoms with van der Waals surface area (Å²) in [5.74, 6) is 6.45. The van der Waals surface area contributed by atoms with Gasteiger partial charge in [0.1, 0.15) is 18.4 Å². The summed E-state index contributed by atoms with van der Waals surface area (Å²) in [7, 11) is 0. The molecule has 4 heteroatoms. The van der Waals surface area contributed by atoms with E-state index in [9.17, 15) is 0 Å². The van der Waals surface area contributed by atoms with E-state index < -0.39 is 0 Å². The fraction of sp³-hybridized carbons (Fsp3) is 0.188. The first kappa shape index (κ1) is 14.1. The van der Waals surface area contributed by atoms with Crippen molar-refractivity contribution >= 4 is 11.3 Å². The molecule has 100 valence electrons. The molecule has 0 bridgehead atoms. The van der Waals surface area contributed by atoms with Crippen LogP contribution in [0.3, 0.4) is 0 Å². The molecule has 3 nitrogen and oxygen atoms in total. The smallest absolute Gasteiger partial charge is 0.137 e. The van der Waals surface area contributed by atoms with Crippen LogP contribution in [0.2, 0.25) is 0 Å². The molecule has 0 unspecified atom stereocenters. The largest absolute Gasteiger partial charge is 0.487 e. The van der Waals surface area contributed by atoms with Gasteiger partial charge in [-0.25, -0.2) is 0 Å². The van der Waals surface area contributed by atoms with Crippen LogP contribution in [0, 0.1) is 23.2 Å². The van der Waals surface area contributed by atoms with Gasteiger partial charge in [-0.05, 0) is 18.2 Å². The van der Waals surface area contributed by atoms with Crippen molar-refractivity contribution in [3.05, 3.63) is 51.7 Å². The van der Waals surface area contributed by atoms with Crippen LogP contribution in [0.4, 0.5) is 0 Å². The number of nitriles is 1. The van der Waals surface area contributed by atoms with Gasteiger partial charge in [0.2, 0.25) is 0 Å². The fourth-order valence-corrected chi connectivity index (χ4v) is 2.30. The number of aliphatic hydroxyl groups excluding tert-OH is 1. The Labute approximate surface area is 122 Å². The molecule has 1 N–H and O–H groups in total. The molecular weight excluding hydrogens is 270 g/mol. The third-order valence-corrected chi connectivity index (χ3v) is 3.41. The first-order chi connectivity index (χ1) is 9.83. The average Bonchev–Trinajstić information content (AvgIpc) is 2.93. The van der Waals surface area contributed by atoms with Crippen LogP contribution in [0.1, 0.15) is 22.4 Å². The lowest BCUT2D eigenvalue weighted by atomic mass is 10.2. The van der Waals surface area contributed by atoms with Crippen LogP contribution in [0.25, 0.3) is 0 Å². The number of ether oxygens (including phenoxy) is 1. The zero-order valence-corrected chi connectivity index (χ0v) is 11.6. The number of rotatable bonds is 4. The maximum absolute atomic E-state index is 8.97. The number of nitrogens with zero attached hydrogens (tertiary/aromatic N) is 1. The third-order valence-electron chi connectivity index (χ3n) is 2.50. The Balaban J connectivity index is 1.98. The summed E-state index contributed by atoms with van der Waals surface area (Å²) in [5, 5.41) is 19.6. The van der Waals surface area contributed by atoms with Crippen LogP contribution < -0.4 is 4.74 Å². The molecule has 0 atom stereocenters. The first-order valence-corrected chi connectivity index (χ1v) is 7.00. The second-order valence-electron chi connectivity index (χ2n) is 3.97. The van der Waals surface area contributed by atoms with Crippen molar-refractivity contribution in [3.8, 4) is 23.7 Å². The van der Waals surface area contributed by atoms with Crippen molar-refractivity contribution < 1.29 is 9.84 Å². The summed E-state index contributed by atoms with van der Waals surface area (Å²) in [6.45, 7) is 0.503. The number of para-hydroxylation sites is 1. The van der Waals surface area contributed by atoms with Crippen LogP contribution in [0.5, 0.6) is 5.75 Å². The maximum atomic E-state index is 8.97. The van der Waals surface area contributed by atoms with Crippen molar-refractivity contribution in [2.24, 2.45) is 0 Å². The van der Waals surface area contributed by atoms with Gasteiger partial charge in [0, 0.05) is 22.2 Å². The summed E-state index contributed by atoms with van der Waals surface area (Å²) in [4.78, 5) is 1.05. The Kier molecular flexibility index (Phi) is 5.20. The Hall–Kier alpha value is -2.27. The first-order valence-electron chi connectivity index (χ1n) is 6.12. The van der Waals surface area contributed by atoms with E-state index in [0.717, 1.165) is 10.4 Å². The predicted molar refractivity (Wildman–Crippen MR) is 78.4 cm³/mol. The van der Waals surface area contributed by atoms with E-state index >= 15 is 0 Å². The van der Waals surface area contributed by atoms with E-state index in [1.807, 2.05) is 23.6 Å². The van der Waals surface area contributed by atoms with Gasteiger partial charge in [-0.15, -0.1) is 11.3 Å². The highest BCUT2D eigenvalue weighted by molar-refractivity contribution is 7.10. The number of aliphatic hydroxyl groups is 1. The molecule has 0 radical (unpaired) electrons.